The van der Waals surface area contributed by atoms with Gasteiger partial charge in [0.2, 0.25) is 0 Å². The number of nitro groups is 1. The Bertz CT molecular complexity index is 413. The zero-order valence-electron chi connectivity index (χ0n) is 8.91. The molecule has 0 amide bonds. The van der Waals surface area contributed by atoms with Crippen LogP contribution in [0.5, 0.6) is 0 Å². The molecule has 0 aromatic heterocycles. The van der Waals surface area contributed by atoms with Crippen LogP contribution in [0.15, 0.2) is 18.2 Å². The van der Waals surface area contributed by atoms with Crippen molar-refractivity contribution in [1.82, 2.24) is 0 Å². The van der Waals surface area contributed by atoms with Crippen LogP contribution in [0.3, 0.4) is 0 Å². The molecule has 1 rings (SSSR count). The molecule has 2 unspecified atom stereocenters. The van der Waals surface area contributed by atoms with E-state index in [1.54, 1.807) is 0 Å². The Labute approximate surface area is 103 Å². The van der Waals surface area contributed by atoms with Crippen molar-refractivity contribution in [1.29, 1.82) is 0 Å². The topological polar surface area (TPSA) is 110 Å². The lowest BCUT2D eigenvalue weighted by Gasteiger charge is -2.17. The molecular formula is C10H13ClN2O4. The number of benzene rings is 1. The third kappa shape index (κ3) is 3.37. The first-order chi connectivity index (χ1) is 7.97. The largest absolute Gasteiger partial charge is 0.390 e. The quantitative estimate of drug-likeness (QED) is 0.540. The molecule has 0 aliphatic rings. The maximum Gasteiger partial charge on any atom is 0.275 e. The minimum atomic E-state index is -1.38. The average molecular weight is 261 g/mol. The lowest BCUT2D eigenvalue weighted by Crippen LogP contribution is -2.22. The van der Waals surface area contributed by atoms with Crippen molar-refractivity contribution in [3.05, 3.63) is 38.9 Å². The van der Waals surface area contributed by atoms with Gasteiger partial charge in [-0.15, -0.1) is 0 Å². The molecule has 1 aromatic carbocycles. The summed E-state index contributed by atoms with van der Waals surface area (Å²) in [7, 11) is 0. The molecule has 2 atom stereocenters. The summed E-state index contributed by atoms with van der Waals surface area (Å²) in [5, 5.41) is 30.4. The predicted molar refractivity (Wildman–Crippen MR) is 62.7 cm³/mol. The van der Waals surface area contributed by atoms with E-state index in [1.165, 1.54) is 18.2 Å². The average Bonchev–Trinajstić information content (AvgIpc) is 2.27. The maximum absolute atomic E-state index is 10.8. The lowest BCUT2D eigenvalue weighted by molar-refractivity contribution is -0.386. The second-order valence-electron chi connectivity index (χ2n) is 3.55. The first-order valence-electron chi connectivity index (χ1n) is 4.97. The van der Waals surface area contributed by atoms with Crippen molar-refractivity contribution in [2.24, 2.45) is 5.73 Å². The van der Waals surface area contributed by atoms with Gasteiger partial charge in [0.15, 0.2) is 0 Å². The Balaban J connectivity index is 3.10. The molecule has 0 bridgehead atoms. The van der Waals surface area contributed by atoms with Crippen molar-refractivity contribution in [2.75, 3.05) is 6.54 Å². The SMILES string of the molecule is NCCC(O)C(O)c1cc(Cl)ccc1[N+](=O)[O-]. The van der Waals surface area contributed by atoms with Gasteiger partial charge in [0, 0.05) is 11.1 Å². The Hall–Kier alpha value is -1.21. The van der Waals surface area contributed by atoms with Crippen LogP contribution in [0.2, 0.25) is 5.02 Å². The van der Waals surface area contributed by atoms with Crippen LogP contribution >= 0.6 is 11.6 Å². The summed E-state index contributed by atoms with van der Waals surface area (Å²) in [6.07, 6.45) is -2.39. The number of hydrogen-bond donors (Lipinski definition) is 3. The van der Waals surface area contributed by atoms with E-state index in [0.29, 0.717) is 0 Å². The van der Waals surface area contributed by atoms with Gasteiger partial charge in [-0.1, -0.05) is 11.6 Å². The van der Waals surface area contributed by atoms with Crippen LogP contribution in [-0.4, -0.2) is 27.8 Å². The van der Waals surface area contributed by atoms with Crippen LogP contribution in [0.4, 0.5) is 5.69 Å². The van der Waals surface area contributed by atoms with Gasteiger partial charge in [-0.3, -0.25) is 10.1 Å². The van der Waals surface area contributed by atoms with Crippen molar-refractivity contribution in [3.63, 3.8) is 0 Å². The summed E-state index contributed by atoms with van der Waals surface area (Å²) in [5.41, 5.74) is 4.95. The normalized spacial score (nSPS) is 14.4. The minimum absolute atomic E-state index is 0.0107. The van der Waals surface area contributed by atoms with E-state index >= 15 is 0 Å². The first kappa shape index (κ1) is 13.9. The summed E-state index contributed by atoms with van der Waals surface area (Å²) in [4.78, 5) is 10.1. The van der Waals surface area contributed by atoms with Gasteiger partial charge in [-0.25, -0.2) is 0 Å². The molecule has 0 radical (unpaired) electrons. The monoisotopic (exact) mass is 260 g/mol. The third-order valence-corrected chi connectivity index (χ3v) is 2.57. The Kier molecular flexibility index (Phi) is 4.83. The molecule has 0 fully saturated rings. The highest BCUT2D eigenvalue weighted by atomic mass is 35.5. The number of halogens is 1. The third-order valence-electron chi connectivity index (χ3n) is 2.33. The van der Waals surface area contributed by atoms with E-state index in [0.717, 1.165) is 0 Å². The number of aliphatic hydroxyl groups excluding tert-OH is 2. The fourth-order valence-electron chi connectivity index (χ4n) is 1.46. The highest BCUT2D eigenvalue weighted by Gasteiger charge is 2.26. The van der Waals surface area contributed by atoms with Crippen molar-refractivity contribution < 1.29 is 15.1 Å². The smallest absolute Gasteiger partial charge is 0.275 e. The van der Waals surface area contributed by atoms with Crippen LogP contribution < -0.4 is 5.73 Å². The minimum Gasteiger partial charge on any atom is -0.390 e. The van der Waals surface area contributed by atoms with Crippen LogP contribution in [0, 0.1) is 10.1 Å². The molecule has 0 aliphatic carbocycles. The highest BCUT2D eigenvalue weighted by Crippen LogP contribution is 2.30. The number of nitrogens with zero attached hydrogens (tertiary/aromatic N) is 1. The van der Waals surface area contributed by atoms with E-state index in [9.17, 15) is 20.3 Å². The fraction of sp³-hybridized carbons (Fsp3) is 0.400. The van der Waals surface area contributed by atoms with Crippen molar-refractivity contribution in [2.45, 2.75) is 18.6 Å². The van der Waals surface area contributed by atoms with E-state index in [4.69, 9.17) is 17.3 Å². The summed E-state index contributed by atoms with van der Waals surface area (Å²) < 4.78 is 0. The second kappa shape index (κ2) is 5.92. The number of hydrogen-bond acceptors (Lipinski definition) is 5. The van der Waals surface area contributed by atoms with E-state index in [-0.39, 0.29) is 29.2 Å². The Morgan fingerprint density at radius 3 is 2.65 bits per heavy atom. The molecule has 0 saturated heterocycles. The molecule has 6 nitrogen and oxygen atoms in total. The second-order valence-corrected chi connectivity index (χ2v) is 3.99. The van der Waals surface area contributed by atoms with Gasteiger partial charge >= 0.3 is 0 Å². The van der Waals surface area contributed by atoms with Gasteiger partial charge in [0.25, 0.3) is 5.69 Å². The van der Waals surface area contributed by atoms with Gasteiger partial charge in [0.1, 0.15) is 6.10 Å². The number of nitro benzene ring substituents is 1. The van der Waals surface area contributed by atoms with Crippen LogP contribution in [0.1, 0.15) is 18.1 Å². The molecule has 4 N–H and O–H groups in total. The van der Waals surface area contributed by atoms with Gasteiger partial charge in [0.05, 0.1) is 16.6 Å². The molecule has 0 spiro atoms. The van der Waals surface area contributed by atoms with E-state index < -0.39 is 17.1 Å². The predicted octanol–water partition coefficient (Wildman–Crippen LogP) is 0.991. The summed E-state index contributed by atoms with van der Waals surface area (Å²) in [6.45, 7) is 0.173. The van der Waals surface area contributed by atoms with E-state index in [1.807, 2.05) is 0 Å². The van der Waals surface area contributed by atoms with Crippen molar-refractivity contribution in [3.8, 4) is 0 Å². The standard InChI is InChI=1S/C10H13ClN2O4/c11-6-1-2-8(13(16)17)7(5-6)10(15)9(14)3-4-12/h1-2,5,9-10,14-15H,3-4,12H2. The fourth-order valence-corrected chi connectivity index (χ4v) is 1.64. The van der Waals surface area contributed by atoms with E-state index in [2.05, 4.69) is 0 Å². The number of nitrogens with two attached hydrogens (primary N) is 1. The zero-order chi connectivity index (χ0) is 13.0. The van der Waals surface area contributed by atoms with Gasteiger partial charge in [-0.2, -0.15) is 0 Å². The summed E-state index contributed by atoms with van der Waals surface area (Å²) >= 11 is 5.71. The lowest BCUT2D eigenvalue weighted by atomic mass is 10.0. The zero-order valence-corrected chi connectivity index (χ0v) is 9.67. The molecule has 1 aromatic rings. The molecule has 17 heavy (non-hydrogen) atoms. The van der Waals surface area contributed by atoms with Crippen LogP contribution in [0.25, 0.3) is 0 Å². The molecule has 0 saturated carbocycles. The molecule has 0 heterocycles. The van der Waals surface area contributed by atoms with Crippen LogP contribution in [-0.2, 0) is 0 Å². The molecular weight excluding hydrogens is 248 g/mol. The van der Waals surface area contributed by atoms with Gasteiger partial charge < -0.3 is 15.9 Å². The summed E-state index contributed by atoms with van der Waals surface area (Å²) in [5.74, 6) is 0. The number of aliphatic hydroxyl groups is 2. The van der Waals surface area contributed by atoms with Gasteiger partial charge in [-0.05, 0) is 25.1 Å². The van der Waals surface area contributed by atoms with Crippen molar-refractivity contribution >= 4 is 17.3 Å². The maximum atomic E-state index is 10.8. The molecule has 94 valence electrons. The molecule has 7 heteroatoms. The molecule has 0 aliphatic heterocycles. The Morgan fingerprint density at radius 2 is 2.12 bits per heavy atom. The Morgan fingerprint density at radius 1 is 1.47 bits per heavy atom. The number of rotatable bonds is 5. The highest BCUT2D eigenvalue weighted by molar-refractivity contribution is 6.30. The first-order valence-corrected chi connectivity index (χ1v) is 5.35. The summed E-state index contributed by atoms with van der Waals surface area (Å²) in [6, 6.07) is 3.81.